The highest BCUT2D eigenvalue weighted by atomic mass is 16.4. The van der Waals surface area contributed by atoms with Crippen molar-refractivity contribution in [2.45, 2.75) is 39.7 Å². The Kier molecular flexibility index (Phi) is 6.66. The number of carbonyl (C=O) groups is 2. The topological polar surface area (TPSA) is 57.6 Å². The van der Waals surface area contributed by atoms with E-state index < -0.39 is 5.97 Å². The van der Waals surface area contributed by atoms with Crippen LogP contribution in [0.15, 0.2) is 30.3 Å². The van der Waals surface area contributed by atoms with Crippen LogP contribution in [0, 0.1) is 6.92 Å². The minimum absolute atomic E-state index is 0.0273. The van der Waals surface area contributed by atoms with Crippen LogP contribution in [0.4, 0.5) is 0 Å². The fourth-order valence-corrected chi connectivity index (χ4v) is 1.93. The van der Waals surface area contributed by atoms with Crippen LogP contribution < -0.4 is 0 Å². The van der Waals surface area contributed by atoms with Crippen LogP contribution in [0.25, 0.3) is 6.08 Å². The van der Waals surface area contributed by atoms with Gasteiger partial charge in [0.25, 0.3) is 0 Å². The molecule has 0 saturated heterocycles. The molecule has 1 N–H and O–H groups in total. The summed E-state index contributed by atoms with van der Waals surface area (Å²) in [6.07, 6.45) is 4.04. The first-order valence-electron chi connectivity index (χ1n) is 7.21. The first-order valence-corrected chi connectivity index (χ1v) is 7.21. The van der Waals surface area contributed by atoms with Crippen LogP contribution in [-0.2, 0) is 9.59 Å². The summed E-state index contributed by atoms with van der Waals surface area (Å²) in [4.78, 5) is 24.5. The molecule has 114 valence electrons. The van der Waals surface area contributed by atoms with E-state index in [1.165, 1.54) is 11.6 Å². The summed E-state index contributed by atoms with van der Waals surface area (Å²) in [6.45, 7) is 6.16. The molecular formula is C17H23NO3. The summed E-state index contributed by atoms with van der Waals surface area (Å²) in [7, 11) is 0. The molecule has 1 amide bonds. The zero-order chi connectivity index (χ0) is 15.8. The Bertz CT molecular complexity index is 505. The minimum Gasteiger partial charge on any atom is -0.481 e. The van der Waals surface area contributed by atoms with Crippen LogP contribution >= 0.6 is 0 Å². The number of rotatable bonds is 7. The Balaban J connectivity index is 2.75. The second-order valence-electron chi connectivity index (χ2n) is 5.18. The molecule has 0 fully saturated rings. The fourth-order valence-electron chi connectivity index (χ4n) is 1.93. The van der Waals surface area contributed by atoms with Crippen molar-refractivity contribution in [1.82, 2.24) is 4.90 Å². The molecule has 0 aliphatic carbocycles. The maximum Gasteiger partial charge on any atom is 0.305 e. The average Bonchev–Trinajstić information content (AvgIpc) is 2.46. The van der Waals surface area contributed by atoms with Gasteiger partial charge in [0.1, 0.15) is 0 Å². The Hall–Kier alpha value is -2.10. The molecule has 21 heavy (non-hydrogen) atoms. The summed E-state index contributed by atoms with van der Waals surface area (Å²) in [6, 6.07) is 7.90. The lowest BCUT2D eigenvalue weighted by Gasteiger charge is -2.26. The Morgan fingerprint density at radius 3 is 2.43 bits per heavy atom. The van der Waals surface area contributed by atoms with Gasteiger partial charge in [0.2, 0.25) is 5.91 Å². The summed E-state index contributed by atoms with van der Waals surface area (Å²) < 4.78 is 0. The van der Waals surface area contributed by atoms with Crippen LogP contribution in [0.5, 0.6) is 0 Å². The van der Waals surface area contributed by atoms with Gasteiger partial charge in [-0.15, -0.1) is 0 Å². The van der Waals surface area contributed by atoms with E-state index in [1.807, 2.05) is 45.0 Å². The lowest BCUT2D eigenvalue weighted by atomic mass is 10.1. The second kappa shape index (κ2) is 8.25. The van der Waals surface area contributed by atoms with E-state index in [-0.39, 0.29) is 24.9 Å². The lowest BCUT2D eigenvalue weighted by molar-refractivity contribution is -0.138. The molecule has 1 atom stereocenters. The maximum absolute atomic E-state index is 12.2. The molecule has 0 aliphatic heterocycles. The zero-order valence-corrected chi connectivity index (χ0v) is 12.9. The van der Waals surface area contributed by atoms with Crippen LogP contribution in [0.2, 0.25) is 0 Å². The van der Waals surface area contributed by atoms with E-state index in [9.17, 15) is 9.59 Å². The highest BCUT2D eigenvalue weighted by Gasteiger charge is 2.17. The summed E-state index contributed by atoms with van der Waals surface area (Å²) in [5.74, 6) is -1.04. The number of aryl methyl sites for hydroxylation is 1. The number of benzene rings is 1. The van der Waals surface area contributed by atoms with Crippen molar-refractivity contribution in [3.8, 4) is 0 Å². The Morgan fingerprint density at radius 1 is 1.29 bits per heavy atom. The van der Waals surface area contributed by atoms with Crippen LogP contribution in [0.1, 0.15) is 37.8 Å². The highest BCUT2D eigenvalue weighted by molar-refractivity contribution is 5.92. The van der Waals surface area contributed by atoms with Gasteiger partial charge in [-0.3, -0.25) is 9.59 Å². The smallest absolute Gasteiger partial charge is 0.305 e. The normalized spacial score (nSPS) is 12.3. The van der Waals surface area contributed by atoms with E-state index in [1.54, 1.807) is 11.0 Å². The second-order valence-corrected chi connectivity index (χ2v) is 5.18. The minimum atomic E-state index is -0.890. The standard InChI is InChI=1S/C17H23NO3/c1-4-14(3)18(12-11-17(20)21)16(19)10-9-15-7-5-13(2)6-8-15/h5-10,14H,4,11-12H2,1-3H3,(H,20,21)/b10-9+. The maximum atomic E-state index is 12.2. The zero-order valence-electron chi connectivity index (χ0n) is 12.9. The Morgan fingerprint density at radius 2 is 1.90 bits per heavy atom. The number of aliphatic carboxylic acids is 1. The molecule has 1 unspecified atom stereocenters. The van der Waals surface area contributed by atoms with E-state index in [0.29, 0.717) is 0 Å². The predicted molar refractivity (Wildman–Crippen MR) is 83.9 cm³/mol. The van der Waals surface area contributed by atoms with E-state index >= 15 is 0 Å². The molecule has 0 spiro atoms. The number of carbonyl (C=O) groups excluding carboxylic acids is 1. The summed E-state index contributed by atoms with van der Waals surface area (Å²) in [5.41, 5.74) is 2.12. The average molecular weight is 289 g/mol. The third kappa shape index (κ3) is 5.81. The molecule has 0 aliphatic rings. The predicted octanol–water partition coefficient (Wildman–Crippen LogP) is 3.11. The molecule has 1 aromatic carbocycles. The monoisotopic (exact) mass is 289 g/mol. The van der Waals surface area contributed by atoms with Gasteiger partial charge in [-0.1, -0.05) is 36.8 Å². The lowest BCUT2D eigenvalue weighted by Crippen LogP contribution is -2.38. The molecule has 0 bridgehead atoms. The Labute approximate surface area is 126 Å². The molecule has 1 rings (SSSR count). The van der Waals surface area contributed by atoms with Crippen molar-refractivity contribution >= 4 is 18.0 Å². The number of hydrogen-bond donors (Lipinski definition) is 1. The third-order valence-electron chi connectivity index (χ3n) is 3.47. The SMILES string of the molecule is CCC(C)N(CCC(=O)O)C(=O)/C=C/c1ccc(C)cc1. The molecule has 4 heteroatoms. The van der Waals surface area contributed by atoms with Gasteiger partial charge in [-0.2, -0.15) is 0 Å². The van der Waals surface area contributed by atoms with Gasteiger partial charge in [-0.05, 0) is 31.9 Å². The number of carboxylic acids is 1. The van der Waals surface area contributed by atoms with E-state index in [0.717, 1.165) is 12.0 Å². The van der Waals surface area contributed by atoms with Crippen molar-refractivity contribution in [1.29, 1.82) is 0 Å². The number of nitrogens with zero attached hydrogens (tertiary/aromatic N) is 1. The van der Waals surface area contributed by atoms with Crippen LogP contribution in [0.3, 0.4) is 0 Å². The summed E-state index contributed by atoms with van der Waals surface area (Å²) in [5, 5.41) is 8.78. The first kappa shape index (κ1) is 17.0. The molecular weight excluding hydrogens is 266 g/mol. The number of carboxylic acid groups (broad SMARTS) is 1. The molecule has 0 radical (unpaired) electrons. The molecule has 0 heterocycles. The summed E-state index contributed by atoms with van der Waals surface area (Å²) >= 11 is 0. The third-order valence-corrected chi connectivity index (χ3v) is 3.47. The van der Waals surface area contributed by atoms with Gasteiger partial charge < -0.3 is 10.0 Å². The van der Waals surface area contributed by atoms with E-state index in [4.69, 9.17) is 5.11 Å². The quantitative estimate of drug-likeness (QED) is 0.785. The van der Waals surface area contributed by atoms with Crippen molar-refractivity contribution < 1.29 is 14.7 Å². The first-order chi connectivity index (χ1) is 9.93. The van der Waals surface area contributed by atoms with Crippen LogP contribution in [-0.4, -0.2) is 34.5 Å². The molecule has 0 saturated carbocycles. The fraction of sp³-hybridized carbons (Fsp3) is 0.412. The number of amides is 1. The van der Waals surface area contributed by atoms with Gasteiger partial charge in [0, 0.05) is 18.7 Å². The highest BCUT2D eigenvalue weighted by Crippen LogP contribution is 2.09. The van der Waals surface area contributed by atoms with Gasteiger partial charge >= 0.3 is 5.97 Å². The van der Waals surface area contributed by atoms with E-state index in [2.05, 4.69) is 0 Å². The molecule has 4 nitrogen and oxygen atoms in total. The molecule has 1 aromatic rings. The number of hydrogen-bond acceptors (Lipinski definition) is 2. The van der Waals surface area contributed by atoms with Gasteiger partial charge in [0.05, 0.1) is 6.42 Å². The van der Waals surface area contributed by atoms with Crippen molar-refractivity contribution in [2.75, 3.05) is 6.54 Å². The largest absolute Gasteiger partial charge is 0.481 e. The molecule has 0 aromatic heterocycles. The van der Waals surface area contributed by atoms with Gasteiger partial charge in [0.15, 0.2) is 0 Å². The van der Waals surface area contributed by atoms with Gasteiger partial charge in [-0.25, -0.2) is 0 Å². The van der Waals surface area contributed by atoms with Crippen molar-refractivity contribution in [3.05, 3.63) is 41.5 Å². The van der Waals surface area contributed by atoms with Crippen molar-refractivity contribution in [2.24, 2.45) is 0 Å². The van der Waals surface area contributed by atoms with Crippen molar-refractivity contribution in [3.63, 3.8) is 0 Å².